The minimum Gasteiger partial charge on any atom is -0.491 e. The first-order valence-corrected chi connectivity index (χ1v) is 12.4. The molecule has 0 aliphatic carbocycles. The molecule has 3 aromatic rings. The van der Waals surface area contributed by atoms with Crippen LogP contribution in [0.15, 0.2) is 57.0 Å². The van der Waals surface area contributed by atoms with Crippen molar-refractivity contribution in [1.82, 2.24) is 13.8 Å². The van der Waals surface area contributed by atoms with Gasteiger partial charge in [-0.25, -0.2) is 23.9 Å². The third-order valence-electron chi connectivity index (χ3n) is 5.56. The van der Waals surface area contributed by atoms with Crippen molar-refractivity contribution >= 4 is 23.3 Å². The molecule has 1 aromatic heterocycles. The van der Waals surface area contributed by atoms with Gasteiger partial charge in [-0.2, -0.15) is 4.68 Å². The molecule has 0 fully saturated rings. The first-order chi connectivity index (χ1) is 18.5. The Morgan fingerprint density at radius 1 is 1.05 bits per heavy atom. The number of halogens is 1. The highest BCUT2D eigenvalue weighted by atomic mass is 35.5. The van der Waals surface area contributed by atoms with Crippen LogP contribution in [0.5, 0.6) is 5.75 Å². The average molecular weight is 562 g/mol. The fourth-order valence-electron chi connectivity index (χ4n) is 3.69. The van der Waals surface area contributed by atoms with Crippen molar-refractivity contribution < 1.29 is 23.7 Å². The predicted octanol–water partition coefficient (Wildman–Crippen LogP) is 1.72. The molecule has 0 amide bonds. The lowest BCUT2D eigenvalue weighted by molar-refractivity contribution is -0.163. The molecule has 0 saturated carbocycles. The number of methoxy groups -OCH3 is 2. The normalized spacial score (nSPS) is 12.5. The second-order valence-electron chi connectivity index (χ2n) is 8.87. The molecule has 1 heterocycles. The van der Waals surface area contributed by atoms with Crippen LogP contribution in [0.3, 0.4) is 0 Å². The molecule has 13 heteroatoms. The molecule has 12 nitrogen and oxygen atoms in total. The minimum atomic E-state index is -1.30. The van der Waals surface area contributed by atoms with Crippen LogP contribution in [0.25, 0.3) is 0 Å². The third kappa shape index (κ3) is 7.37. The van der Waals surface area contributed by atoms with Gasteiger partial charge in [0, 0.05) is 12.1 Å². The topological polar surface area (TPSA) is 141 Å². The largest absolute Gasteiger partial charge is 0.491 e. The van der Waals surface area contributed by atoms with Crippen LogP contribution in [0.1, 0.15) is 25.0 Å². The third-order valence-corrected chi connectivity index (χ3v) is 5.81. The highest BCUT2D eigenvalue weighted by molar-refractivity contribution is 6.30. The minimum absolute atomic E-state index is 0.00165. The van der Waals surface area contributed by atoms with Crippen LogP contribution < -0.4 is 27.6 Å². The molecule has 0 spiro atoms. The van der Waals surface area contributed by atoms with E-state index in [4.69, 9.17) is 36.4 Å². The van der Waals surface area contributed by atoms with Gasteiger partial charge in [0.15, 0.2) is 6.10 Å². The van der Waals surface area contributed by atoms with E-state index < -0.39 is 30.0 Å². The number of ether oxygens (including phenoxy) is 4. The van der Waals surface area contributed by atoms with Gasteiger partial charge in [0.05, 0.1) is 32.0 Å². The summed E-state index contributed by atoms with van der Waals surface area (Å²) in [5.74, 6) is 6.09. The highest BCUT2D eigenvalue weighted by Crippen LogP contribution is 2.24. The fraction of sp³-hybridized carbons (Fsp3) is 0.385. The zero-order valence-corrected chi connectivity index (χ0v) is 23.2. The number of esters is 1. The van der Waals surface area contributed by atoms with E-state index in [0.29, 0.717) is 22.0 Å². The Morgan fingerprint density at radius 3 is 2.33 bits per heavy atom. The van der Waals surface area contributed by atoms with Crippen LogP contribution >= 0.6 is 11.6 Å². The molecule has 1 atom stereocenters. The Hall–Kier alpha value is -3.87. The number of benzene rings is 2. The van der Waals surface area contributed by atoms with Crippen molar-refractivity contribution in [2.24, 2.45) is 4.99 Å². The Bertz CT molecular complexity index is 1490. The van der Waals surface area contributed by atoms with E-state index in [0.717, 1.165) is 21.9 Å². The lowest BCUT2D eigenvalue weighted by Crippen LogP contribution is -2.58. The number of nitrogens with two attached hydrogens (primary N) is 1. The maximum absolute atomic E-state index is 13.7. The number of aryl methyl sites for hydroxylation is 1. The van der Waals surface area contributed by atoms with Gasteiger partial charge in [-0.05, 0) is 62.2 Å². The summed E-state index contributed by atoms with van der Waals surface area (Å²) in [6.45, 7) is 4.97. The summed E-state index contributed by atoms with van der Waals surface area (Å²) in [6.07, 6.45) is -1.32. The maximum atomic E-state index is 13.7. The highest BCUT2D eigenvalue weighted by Gasteiger charge is 2.24. The summed E-state index contributed by atoms with van der Waals surface area (Å²) >= 11 is 6.02. The average Bonchev–Trinajstić information content (AvgIpc) is 2.91. The number of nitrogen functional groups attached to an aromatic ring is 1. The lowest BCUT2D eigenvalue weighted by Gasteiger charge is -2.18. The SMILES string of the molecule is COCO[C@@H](Cn1c(=O)n(N)c(=Nc2ccc(OC(C)C)c(C)c2)n(Cc2ccc(Cl)cc2)c1=O)C(=O)OC. The molecule has 2 N–H and O–H groups in total. The molecule has 0 aliphatic heterocycles. The number of carbonyl (C=O) groups is 1. The summed E-state index contributed by atoms with van der Waals surface area (Å²) in [7, 11) is 2.53. The molecule has 3 rings (SSSR count). The van der Waals surface area contributed by atoms with Crippen LogP contribution in [0.4, 0.5) is 5.69 Å². The second kappa shape index (κ2) is 13.3. The first-order valence-electron chi connectivity index (χ1n) is 12.0. The second-order valence-corrected chi connectivity index (χ2v) is 9.31. The Kier molecular flexibility index (Phi) is 10.1. The van der Waals surface area contributed by atoms with Gasteiger partial charge in [-0.1, -0.05) is 23.7 Å². The summed E-state index contributed by atoms with van der Waals surface area (Å²) in [4.78, 5) is 43.8. The molecule has 0 bridgehead atoms. The number of hydrogen-bond donors (Lipinski definition) is 1. The molecule has 0 aliphatic rings. The van der Waals surface area contributed by atoms with Crippen molar-refractivity contribution in [3.8, 4) is 5.75 Å². The number of carbonyl (C=O) groups excluding carboxylic acids is 1. The molecular formula is C26H32ClN5O7. The maximum Gasteiger partial charge on any atom is 0.353 e. The molecular weight excluding hydrogens is 530 g/mol. The van der Waals surface area contributed by atoms with Gasteiger partial charge in [0.25, 0.3) is 0 Å². The van der Waals surface area contributed by atoms with Gasteiger partial charge in [-0.3, -0.25) is 4.57 Å². The van der Waals surface area contributed by atoms with Gasteiger partial charge in [-0.15, -0.1) is 0 Å². The van der Waals surface area contributed by atoms with Gasteiger partial charge >= 0.3 is 17.3 Å². The van der Waals surface area contributed by atoms with Crippen molar-refractivity contribution in [3.63, 3.8) is 0 Å². The summed E-state index contributed by atoms with van der Waals surface area (Å²) in [6, 6.07) is 12.0. The molecule has 0 radical (unpaired) electrons. The van der Waals surface area contributed by atoms with Crippen LogP contribution in [-0.4, -0.2) is 53.0 Å². The van der Waals surface area contributed by atoms with E-state index in [9.17, 15) is 14.4 Å². The first kappa shape index (κ1) is 29.7. The van der Waals surface area contributed by atoms with Crippen molar-refractivity contribution in [3.05, 3.63) is 85.2 Å². The number of aromatic nitrogens is 3. The summed E-state index contributed by atoms with van der Waals surface area (Å²) < 4.78 is 23.5. The predicted molar refractivity (Wildman–Crippen MR) is 145 cm³/mol. The Balaban J connectivity index is 2.21. The van der Waals surface area contributed by atoms with Crippen molar-refractivity contribution in [2.45, 2.75) is 46.1 Å². The standard InChI is InChI=1S/C26H32ClN5O7/c1-16(2)39-21-11-10-20(12-17(21)3)29-24-30(13-18-6-8-19(27)9-7-18)25(34)31(26(35)32(24)28)14-22(23(33)37-5)38-15-36-4/h6-12,16,22H,13-15,28H2,1-5H3/t22-/m0/s1. The zero-order valence-electron chi connectivity index (χ0n) is 22.4. The molecule has 0 unspecified atom stereocenters. The molecule has 39 heavy (non-hydrogen) atoms. The van der Waals surface area contributed by atoms with E-state index >= 15 is 0 Å². The molecule has 210 valence electrons. The smallest absolute Gasteiger partial charge is 0.353 e. The van der Waals surface area contributed by atoms with Gasteiger partial charge in [0.2, 0.25) is 5.62 Å². The number of rotatable bonds is 11. The van der Waals surface area contributed by atoms with E-state index in [1.54, 1.807) is 42.5 Å². The van der Waals surface area contributed by atoms with E-state index in [1.807, 2.05) is 20.8 Å². The van der Waals surface area contributed by atoms with E-state index in [2.05, 4.69) is 4.99 Å². The number of hydrogen-bond acceptors (Lipinski definition) is 9. The quantitative estimate of drug-likeness (QED) is 0.212. The summed E-state index contributed by atoms with van der Waals surface area (Å²) in [5, 5.41) is 0.519. The number of nitrogens with zero attached hydrogens (tertiary/aromatic N) is 4. The van der Waals surface area contributed by atoms with Gasteiger partial charge in [0.1, 0.15) is 12.5 Å². The van der Waals surface area contributed by atoms with E-state index in [-0.39, 0.29) is 25.1 Å². The lowest BCUT2D eigenvalue weighted by atomic mass is 10.2. The van der Waals surface area contributed by atoms with Crippen LogP contribution in [0, 0.1) is 6.92 Å². The Labute approximate surface area is 229 Å². The van der Waals surface area contributed by atoms with Crippen molar-refractivity contribution in [2.75, 3.05) is 26.9 Å². The zero-order chi connectivity index (χ0) is 28.7. The molecule has 2 aromatic carbocycles. The van der Waals surface area contributed by atoms with Crippen molar-refractivity contribution in [1.29, 1.82) is 0 Å². The fourth-order valence-corrected chi connectivity index (χ4v) is 3.81. The molecule has 0 saturated heterocycles. The summed E-state index contributed by atoms with van der Waals surface area (Å²) in [5.41, 5.74) is 0.171. The Morgan fingerprint density at radius 2 is 1.74 bits per heavy atom. The van der Waals surface area contributed by atoms with Crippen LogP contribution in [-0.2, 0) is 32.1 Å². The van der Waals surface area contributed by atoms with E-state index in [1.165, 1.54) is 11.7 Å². The van der Waals surface area contributed by atoms with Gasteiger partial charge < -0.3 is 24.8 Å². The monoisotopic (exact) mass is 561 g/mol. The van der Waals surface area contributed by atoms with Crippen LogP contribution in [0.2, 0.25) is 5.02 Å².